The van der Waals surface area contributed by atoms with Crippen LogP contribution >= 0.6 is 20.6 Å². The number of amides is 1. The molecule has 1 aromatic carbocycles. The van der Waals surface area contributed by atoms with Gasteiger partial charge in [-0.25, -0.2) is 9.78 Å². The van der Waals surface area contributed by atoms with Gasteiger partial charge in [0.15, 0.2) is 0 Å². The number of hydrogen-bond acceptors (Lipinski definition) is 7. The fraction of sp³-hybridized carbons (Fsp3) is 0.318. The molecule has 33 heavy (non-hydrogen) atoms. The van der Waals surface area contributed by atoms with Crippen LogP contribution in [0.1, 0.15) is 40.8 Å². The van der Waals surface area contributed by atoms with Crippen LogP contribution in [0.5, 0.6) is 0 Å². The molecule has 0 radical (unpaired) electrons. The van der Waals surface area contributed by atoms with Crippen LogP contribution in [-0.2, 0) is 16.1 Å². The van der Waals surface area contributed by atoms with Gasteiger partial charge in [-0.1, -0.05) is 28.7 Å². The first-order valence-corrected chi connectivity index (χ1v) is 11.7. The molecule has 2 heterocycles. The highest BCUT2D eigenvalue weighted by atomic mass is 32.1. The Labute approximate surface area is 197 Å². The lowest BCUT2D eigenvalue weighted by molar-refractivity contribution is -0.139. The molecule has 0 bridgehead atoms. The first-order valence-electron chi connectivity index (χ1n) is 10.2. The number of nitrogens with zero attached hydrogens (tertiary/aromatic N) is 2. The summed E-state index contributed by atoms with van der Waals surface area (Å²) in [7, 11) is 3.79. The van der Waals surface area contributed by atoms with Crippen LogP contribution in [-0.4, -0.2) is 46.1 Å². The van der Waals surface area contributed by atoms with Crippen molar-refractivity contribution in [3.05, 3.63) is 57.0 Å². The van der Waals surface area contributed by atoms with E-state index in [1.165, 1.54) is 11.3 Å². The van der Waals surface area contributed by atoms with E-state index >= 15 is 0 Å². The van der Waals surface area contributed by atoms with Gasteiger partial charge in [-0.15, -0.1) is 11.3 Å². The van der Waals surface area contributed by atoms with Crippen molar-refractivity contribution < 1.29 is 19.5 Å². The number of nitrogens with one attached hydrogen (secondary N) is 2. The lowest BCUT2D eigenvalue weighted by Crippen LogP contribution is -2.40. The highest BCUT2D eigenvalue weighted by Gasteiger charge is 2.21. The molecule has 9 nitrogen and oxygen atoms in total. The van der Waals surface area contributed by atoms with Gasteiger partial charge in [0.25, 0.3) is 11.5 Å². The molecule has 3 N–H and O–H groups in total. The van der Waals surface area contributed by atoms with Crippen molar-refractivity contribution in [2.75, 3.05) is 11.9 Å². The maximum absolute atomic E-state index is 12.4. The molecule has 3 rings (SSSR count). The van der Waals surface area contributed by atoms with Crippen molar-refractivity contribution >= 4 is 54.4 Å². The molecule has 1 unspecified atom stereocenters. The van der Waals surface area contributed by atoms with E-state index in [0.717, 1.165) is 10.6 Å². The second-order valence-corrected chi connectivity index (χ2v) is 8.62. The Morgan fingerprint density at radius 3 is 2.67 bits per heavy atom. The zero-order valence-corrected chi connectivity index (χ0v) is 20.6. The summed E-state index contributed by atoms with van der Waals surface area (Å²) in [6.45, 7) is 4.16. The molecular formula is C22H27N4O5PS. The molecule has 0 aliphatic carbocycles. The molecule has 0 saturated carbocycles. The van der Waals surface area contributed by atoms with E-state index in [0.29, 0.717) is 47.0 Å². The number of H-pyrrole nitrogens is 1. The molecule has 1 amide bonds. The Kier molecular flexibility index (Phi) is 9.69. The quantitative estimate of drug-likeness (QED) is 0.327. The van der Waals surface area contributed by atoms with Crippen LogP contribution in [0.3, 0.4) is 0 Å². The highest BCUT2D eigenvalue weighted by Crippen LogP contribution is 2.27. The fourth-order valence-corrected chi connectivity index (χ4v) is 4.05. The average molecular weight is 491 g/mol. The molecule has 0 spiro atoms. The summed E-state index contributed by atoms with van der Waals surface area (Å²) in [5.74, 6) is -0.847. The molecule has 2 atom stereocenters. The standard InChI is InChI=1S/C21H24N4O4S.CH3OP/c1-4-5-16(21(28)29)24-20(27)17-8-9-18(30-17)25(3)11-13-6-7-15-14(10-13)19(26)23-12(2)22-15;2-1-3/h6-10,16H,4-5,11H2,1-3H3,(H,24,27)(H,28,29)(H,22,23,26);1H,3H2/t16-;/m0./s1. The number of carboxylic acids is 1. The van der Waals surface area contributed by atoms with E-state index in [4.69, 9.17) is 4.79 Å². The van der Waals surface area contributed by atoms with E-state index < -0.39 is 12.0 Å². The van der Waals surface area contributed by atoms with Gasteiger partial charge in [0.05, 0.1) is 20.8 Å². The van der Waals surface area contributed by atoms with E-state index in [9.17, 15) is 19.5 Å². The molecule has 0 aliphatic rings. The third-order valence-corrected chi connectivity index (χ3v) is 5.88. The maximum Gasteiger partial charge on any atom is 0.326 e. The smallest absolute Gasteiger partial charge is 0.326 e. The van der Waals surface area contributed by atoms with Crippen LogP contribution in [0.4, 0.5) is 5.00 Å². The molecule has 176 valence electrons. The van der Waals surface area contributed by atoms with Crippen molar-refractivity contribution in [3.8, 4) is 0 Å². The van der Waals surface area contributed by atoms with Crippen LogP contribution in [0.15, 0.2) is 35.1 Å². The van der Waals surface area contributed by atoms with Crippen molar-refractivity contribution in [3.63, 3.8) is 0 Å². The first kappa shape index (κ1) is 26.2. The summed E-state index contributed by atoms with van der Waals surface area (Å²) in [4.78, 5) is 54.1. The third-order valence-electron chi connectivity index (χ3n) is 4.68. The monoisotopic (exact) mass is 490 g/mol. The number of anilines is 1. The molecule has 3 aromatic rings. The first-order chi connectivity index (χ1) is 15.7. The summed E-state index contributed by atoms with van der Waals surface area (Å²) >= 11 is 1.29. The maximum atomic E-state index is 12.4. The predicted octanol–water partition coefficient (Wildman–Crippen LogP) is 2.96. The Hall–Kier alpha value is -3.10. The number of aliphatic carboxylic acids is 1. The number of carboxylic acid groups (broad SMARTS) is 1. The molecular weight excluding hydrogens is 463 g/mol. The normalized spacial score (nSPS) is 11.3. The Bertz CT molecular complexity index is 1190. The highest BCUT2D eigenvalue weighted by molar-refractivity contribution is 7.36. The summed E-state index contributed by atoms with van der Waals surface area (Å²) in [6.07, 6.45) is 1.05. The largest absolute Gasteiger partial charge is 0.480 e. The summed E-state index contributed by atoms with van der Waals surface area (Å²) < 4.78 is 0. The number of fused-ring (bicyclic) bond motifs is 1. The number of aryl methyl sites for hydroxylation is 1. The predicted molar refractivity (Wildman–Crippen MR) is 134 cm³/mol. The number of thiophene rings is 1. The Morgan fingerprint density at radius 1 is 1.33 bits per heavy atom. The number of benzene rings is 1. The van der Waals surface area contributed by atoms with Gasteiger partial charge in [-0.3, -0.25) is 14.4 Å². The lowest BCUT2D eigenvalue weighted by Gasteiger charge is -2.17. The van der Waals surface area contributed by atoms with E-state index in [2.05, 4.69) is 15.3 Å². The van der Waals surface area contributed by atoms with E-state index in [1.54, 1.807) is 13.0 Å². The lowest BCUT2D eigenvalue weighted by atomic mass is 10.1. The number of carbonyl (C=O) groups is 3. The second-order valence-electron chi connectivity index (χ2n) is 7.29. The number of aromatic nitrogens is 2. The number of aromatic amines is 1. The number of rotatable bonds is 8. The van der Waals surface area contributed by atoms with Crippen LogP contribution in [0, 0.1) is 6.92 Å². The van der Waals surface area contributed by atoms with Gasteiger partial charge in [0.2, 0.25) is 0 Å². The summed E-state index contributed by atoms with van der Waals surface area (Å²) in [6, 6.07) is 8.86. The van der Waals surface area contributed by atoms with Gasteiger partial charge in [0, 0.05) is 13.6 Å². The molecule has 2 aromatic heterocycles. The van der Waals surface area contributed by atoms with Gasteiger partial charge in [-0.05, 0) is 43.2 Å². The van der Waals surface area contributed by atoms with Crippen molar-refractivity contribution in [2.45, 2.75) is 39.3 Å². The van der Waals surface area contributed by atoms with Crippen LogP contribution in [0.2, 0.25) is 0 Å². The van der Waals surface area contributed by atoms with Crippen molar-refractivity contribution in [1.29, 1.82) is 0 Å². The van der Waals surface area contributed by atoms with Gasteiger partial charge in [-0.2, -0.15) is 0 Å². The zero-order valence-electron chi connectivity index (χ0n) is 18.6. The van der Waals surface area contributed by atoms with Crippen LogP contribution < -0.4 is 15.8 Å². The topological polar surface area (TPSA) is 132 Å². The second kappa shape index (κ2) is 12.2. The number of carbonyl (C=O) groups excluding carboxylic acids is 2. The number of hydrogen-bond donors (Lipinski definition) is 3. The third kappa shape index (κ3) is 7.20. The minimum absolute atomic E-state index is 0.169. The molecule has 0 aliphatic heterocycles. The van der Waals surface area contributed by atoms with E-state index in [-0.39, 0.29) is 11.5 Å². The average Bonchev–Trinajstić information content (AvgIpc) is 3.25. The van der Waals surface area contributed by atoms with Crippen molar-refractivity contribution in [2.24, 2.45) is 0 Å². The van der Waals surface area contributed by atoms with Gasteiger partial charge < -0.3 is 20.3 Å². The van der Waals surface area contributed by atoms with E-state index in [1.807, 2.05) is 52.4 Å². The Balaban J connectivity index is 0.00000122. The zero-order chi connectivity index (χ0) is 24.5. The molecule has 0 fully saturated rings. The molecule has 0 saturated heterocycles. The minimum atomic E-state index is -1.03. The van der Waals surface area contributed by atoms with Gasteiger partial charge >= 0.3 is 5.97 Å². The Morgan fingerprint density at radius 2 is 2.03 bits per heavy atom. The molecule has 11 heteroatoms. The summed E-state index contributed by atoms with van der Waals surface area (Å²) in [5.41, 5.74) is 1.42. The van der Waals surface area contributed by atoms with Gasteiger partial charge in [0.1, 0.15) is 17.9 Å². The SMILES string of the molecule is CCC[C@H](NC(=O)c1ccc(N(C)Cc2ccc3nc(C)[nH]c(=O)c3c2)s1)C(=O)O.O=CP. The fourth-order valence-electron chi connectivity index (χ4n) is 3.18. The van der Waals surface area contributed by atoms with Crippen molar-refractivity contribution in [1.82, 2.24) is 15.3 Å². The minimum Gasteiger partial charge on any atom is -0.480 e. The summed E-state index contributed by atoms with van der Waals surface area (Å²) in [5, 5.41) is 13.2. The van der Waals surface area contributed by atoms with Crippen LogP contribution in [0.25, 0.3) is 10.9 Å².